The molecule has 1 atom stereocenters. The number of aryl methyl sites for hydroxylation is 1. The molecule has 0 radical (unpaired) electrons. The van der Waals surface area contributed by atoms with Crippen molar-refractivity contribution in [2.24, 2.45) is 0 Å². The smallest absolute Gasteiger partial charge is 0.109 e. The minimum atomic E-state index is 0.0296. The number of halogens is 2. The number of hydrogen-bond acceptors (Lipinski definition) is 1. The van der Waals surface area contributed by atoms with E-state index in [9.17, 15) is 0 Å². The first-order valence-electron chi connectivity index (χ1n) is 7.62. The van der Waals surface area contributed by atoms with Gasteiger partial charge in [0, 0.05) is 17.4 Å². The Morgan fingerprint density at radius 1 is 1.14 bits per heavy atom. The van der Waals surface area contributed by atoms with E-state index in [4.69, 9.17) is 27.6 Å². The van der Waals surface area contributed by atoms with Gasteiger partial charge in [-0.15, -0.1) is 0 Å². The van der Waals surface area contributed by atoms with Crippen molar-refractivity contribution in [2.45, 2.75) is 52.1 Å². The molecule has 2 nitrogen and oxygen atoms in total. The van der Waals surface area contributed by atoms with Crippen LogP contribution in [0.3, 0.4) is 0 Å². The molecule has 4 heteroatoms. The van der Waals surface area contributed by atoms with E-state index in [0.29, 0.717) is 16.1 Å². The van der Waals surface area contributed by atoms with E-state index in [1.54, 1.807) is 0 Å². The molecule has 0 aliphatic carbocycles. The molecule has 0 saturated heterocycles. The largest absolute Gasteiger partial charge is 0.466 e. The highest BCUT2D eigenvalue weighted by atomic mass is 35.5. The van der Waals surface area contributed by atoms with Crippen LogP contribution in [0.4, 0.5) is 0 Å². The second kappa shape index (κ2) is 7.08. The van der Waals surface area contributed by atoms with Crippen molar-refractivity contribution < 1.29 is 9.73 Å². The Morgan fingerprint density at radius 2 is 1.86 bits per heavy atom. The number of nitrogens with two attached hydrogens (primary N) is 1. The Balaban J connectivity index is 1.92. The molecule has 0 aliphatic heterocycles. The Kier molecular flexibility index (Phi) is 5.60. The van der Waals surface area contributed by atoms with Gasteiger partial charge in [-0.05, 0) is 38.1 Å². The van der Waals surface area contributed by atoms with Crippen LogP contribution in [0.25, 0.3) is 0 Å². The Morgan fingerprint density at radius 3 is 2.45 bits per heavy atom. The van der Waals surface area contributed by atoms with Crippen LogP contribution in [0.2, 0.25) is 10.0 Å². The molecule has 2 rings (SSSR count). The van der Waals surface area contributed by atoms with Gasteiger partial charge < -0.3 is 9.73 Å². The van der Waals surface area contributed by atoms with Crippen LogP contribution in [0.15, 0.2) is 34.7 Å². The molecule has 22 heavy (non-hydrogen) atoms. The lowest BCUT2D eigenvalue weighted by atomic mass is 9.83. The molecule has 2 aromatic rings. The minimum Gasteiger partial charge on any atom is -0.466 e. The fraction of sp³-hybridized carbons (Fsp3) is 0.444. The number of furan rings is 1. The molecular formula is C18H24Cl2NO+. The van der Waals surface area contributed by atoms with Crippen molar-refractivity contribution in [2.75, 3.05) is 0 Å². The minimum absolute atomic E-state index is 0.0296. The SMILES string of the molecule is Cc1ccc(C(C)(C)C[C@@H](C)[NH2+]Cc2ccc(Cl)c(Cl)c2)o1. The molecule has 0 spiro atoms. The monoisotopic (exact) mass is 340 g/mol. The standard InChI is InChI=1S/C18H23Cl2NO/c1-12(10-18(3,4)17-8-5-13(2)22-17)21-11-14-6-7-15(19)16(20)9-14/h5-9,12,21H,10-11H2,1-4H3/p+1/t12-/m1/s1. The normalized spacial score (nSPS) is 13.4. The van der Waals surface area contributed by atoms with Gasteiger partial charge in [0.25, 0.3) is 0 Å². The summed E-state index contributed by atoms with van der Waals surface area (Å²) in [5.41, 5.74) is 1.22. The van der Waals surface area contributed by atoms with E-state index in [-0.39, 0.29) is 5.41 Å². The van der Waals surface area contributed by atoms with Crippen LogP contribution in [0, 0.1) is 6.92 Å². The van der Waals surface area contributed by atoms with Crippen molar-refractivity contribution in [3.63, 3.8) is 0 Å². The van der Waals surface area contributed by atoms with Crippen LogP contribution in [0.1, 0.15) is 44.3 Å². The topological polar surface area (TPSA) is 29.8 Å². The second-order valence-corrected chi connectivity index (χ2v) is 7.48. The first-order valence-corrected chi connectivity index (χ1v) is 8.38. The summed E-state index contributed by atoms with van der Waals surface area (Å²) in [6, 6.07) is 10.4. The van der Waals surface area contributed by atoms with Gasteiger partial charge in [-0.3, -0.25) is 0 Å². The van der Waals surface area contributed by atoms with Crippen molar-refractivity contribution in [1.82, 2.24) is 0 Å². The van der Waals surface area contributed by atoms with E-state index in [0.717, 1.165) is 24.5 Å². The van der Waals surface area contributed by atoms with Crippen LogP contribution < -0.4 is 5.32 Å². The first-order chi connectivity index (χ1) is 10.3. The lowest BCUT2D eigenvalue weighted by Gasteiger charge is -2.25. The highest BCUT2D eigenvalue weighted by Gasteiger charge is 2.28. The van der Waals surface area contributed by atoms with Gasteiger partial charge >= 0.3 is 0 Å². The summed E-state index contributed by atoms with van der Waals surface area (Å²) in [4.78, 5) is 0. The van der Waals surface area contributed by atoms with Gasteiger partial charge in [0.1, 0.15) is 18.1 Å². The maximum Gasteiger partial charge on any atom is 0.109 e. The fourth-order valence-electron chi connectivity index (χ4n) is 2.79. The average Bonchev–Trinajstić information content (AvgIpc) is 2.87. The van der Waals surface area contributed by atoms with Gasteiger partial charge in [0.15, 0.2) is 0 Å². The lowest BCUT2D eigenvalue weighted by Crippen LogP contribution is -2.88. The summed E-state index contributed by atoms with van der Waals surface area (Å²) >= 11 is 12.0. The van der Waals surface area contributed by atoms with Gasteiger partial charge in [-0.25, -0.2) is 0 Å². The predicted octanol–water partition coefficient (Wildman–Crippen LogP) is 4.71. The molecule has 1 heterocycles. The lowest BCUT2D eigenvalue weighted by molar-refractivity contribution is -0.702. The average molecular weight is 341 g/mol. The maximum absolute atomic E-state index is 6.06. The zero-order chi connectivity index (χ0) is 16.3. The molecule has 0 aliphatic rings. The van der Waals surface area contributed by atoms with Crippen molar-refractivity contribution >= 4 is 23.2 Å². The zero-order valence-electron chi connectivity index (χ0n) is 13.6. The van der Waals surface area contributed by atoms with Crippen LogP contribution in [-0.4, -0.2) is 6.04 Å². The molecule has 120 valence electrons. The molecule has 0 saturated carbocycles. The van der Waals surface area contributed by atoms with Crippen molar-refractivity contribution in [3.05, 3.63) is 57.5 Å². The predicted molar refractivity (Wildman–Crippen MR) is 92.6 cm³/mol. The van der Waals surface area contributed by atoms with Crippen LogP contribution in [0.5, 0.6) is 0 Å². The van der Waals surface area contributed by atoms with E-state index in [2.05, 4.69) is 32.2 Å². The molecule has 0 unspecified atom stereocenters. The summed E-state index contributed by atoms with van der Waals surface area (Å²) in [6.45, 7) is 9.59. The van der Waals surface area contributed by atoms with Gasteiger partial charge in [-0.1, -0.05) is 43.1 Å². The molecule has 1 aromatic heterocycles. The van der Waals surface area contributed by atoms with E-state index in [1.807, 2.05) is 31.2 Å². The molecular weight excluding hydrogens is 317 g/mol. The van der Waals surface area contributed by atoms with Gasteiger partial charge in [0.2, 0.25) is 0 Å². The quantitative estimate of drug-likeness (QED) is 0.810. The third-order valence-electron chi connectivity index (χ3n) is 3.98. The van der Waals surface area contributed by atoms with Crippen molar-refractivity contribution in [3.8, 4) is 0 Å². The van der Waals surface area contributed by atoms with Crippen LogP contribution >= 0.6 is 23.2 Å². The third-order valence-corrected chi connectivity index (χ3v) is 4.72. The number of quaternary nitrogens is 1. The summed E-state index contributed by atoms with van der Waals surface area (Å²) in [7, 11) is 0. The summed E-state index contributed by atoms with van der Waals surface area (Å²) < 4.78 is 5.79. The number of hydrogen-bond donors (Lipinski definition) is 1. The number of benzene rings is 1. The molecule has 0 bridgehead atoms. The molecule has 0 fully saturated rings. The Bertz CT molecular complexity index is 634. The van der Waals surface area contributed by atoms with Crippen LogP contribution in [-0.2, 0) is 12.0 Å². The number of rotatable bonds is 6. The highest BCUT2D eigenvalue weighted by molar-refractivity contribution is 6.42. The first kappa shape index (κ1) is 17.4. The molecule has 0 amide bonds. The highest BCUT2D eigenvalue weighted by Crippen LogP contribution is 2.29. The summed E-state index contributed by atoms with van der Waals surface area (Å²) in [6.07, 6.45) is 1.04. The van der Waals surface area contributed by atoms with E-state index in [1.165, 1.54) is 5.56 Å². The van der Waals surface area contributed by atoms with Crippen molar-refractivity contribution in [1.29, 1.82) is 0 Å². The van der Waals surface area contributed by atoms with Gasteiger partial charge in [0.05, 0.1) is 16.1 Å². The fourth-order valence-corrected chi connectivity index (χ4v) is 3.11. The summed E-state index contributed by atoms with van der Waals surface area (Å²) in [5.74, 6) is 2.02. The molecule has 2 N–H and O–H groups in total. The Labute approximate surface area is 142 Å². The van der Waals surface area contributed by atoms with E-state index < -0.39 is 0 Å². The Hall–Kier alpha value is -0.960. The zero-order valence-corrected chi connectivity index (χ0v) is 15.1. The maximum atomic E-state index is 6.06. The van der Waals surface area contributed by atoms with Gasteiger partial charge in [-0.2, -0.15) is 0 Å². The summed E-state index contributed by atoms with van der Waals surface area (Å²) in [5, 5.41) is 3.55. The molecule has 1 aromatic carbocycles. The third kappa shape index (κ3) is 4.52. The van der Waals surface area contributed by atoms with E-state index >= 15 is 0 Å². The second-order valence-electron chi connectivity index (χ2n) is 6.66.